The van der Waals surface area contributed by atoms with Crippen LogP contribution in [0.4, 0.5) is 0 Å². The molecule has 0 heterocycles. The number of rotatable bonds is 3. The smallest absolute Gasteiger partial charge is 0.0826 e. The van der Waals surface area contributed by atoms with Crippen LogP contribution in [0.5, 0.6) is 0 Å². The van der Waals surface area contributed by atoms with Crippen molar-refractivity contribution in [3.05, 3.63) is 0 Å². The third kappa shape index (κ3) is 1.89. The summed E-state index contributed by atoms with van der Waals surface area (Å²) in [6.07, 6.45) is 7.06. The summed E-state index contributed by atoms with van der Waals surface area (Å²) in [7, 11) is 0. The molecule has 3 N–H and O–H groups in total. The van der Waals surface area contributed by atoms with Crippen molar-refractivity contribution in [2.24, 2.45) is 5.73 Å². The molecule has 0 atom stereocenters. The maximum absolute atomic E-state index is 10.5. The minimum absolute atomic E-state index is 0.354. The van der Waals surface area contributed by atoms with E-state index in [9.17, 15) is 5.11 Å². The van der Waals surface area contributed by atoms with Gasteiger partial charge < -0.3 is 10.8 Å². The lowest BCUT2D eigenvalue weighted by atomic mass is 9.68. The Morgan fingerprint density at radius 2 is 1.62 bits per heavy atom. The second kappa shape index (κ2) is 3.97. The molecule has 1 aliphatic carbocycles. The summed E-state index contributed by atoms with van der Waals surface area (Å²) in [5, 5.41) is 10.5. The average molecular weight is 185 g/mol. The van der Waals surface area contributed by atoms with Crippen LogP contribution in [0, 0.1) is 0 Å². The first-order valence-electron chi connectivity index (χ1n) is 5.59. The number of hydrogen-bond acceptors (Lipinski definition) is 2. The Bertz CT molecular complexity index is 157. The predicted molar refractivity (Wildman–Crippen MR) is 55.5 cm³/mol. The molecule has 0 aliphatic heterocycles. The van der Waals surface area contributed by atoms with Crippen molar-refractivity contribution < 1.29 is 5.11 Å². The quantitative estimate of drug-likeness (QED) is 0.708. The van der Waals surface area contributed by atoms with Crippen LogP contribution >= 0.6 is 0 Å². The third-order valence-corrected chi connectivity index (χ3v) is 3.87. The van der Waals surface area contributed by atoms with Crippen molar-refractivity contribution in [2.75, 3.05) is 0 Å². The lowest BCUT2D eigenvalue weighted by Gasteiger charge is -2.46. The summed E-state index contributed by atoms with van der Waals surface area (Å²) in [6.45, 7) is 4.16. The zero-order valence-corrected chi connectivity index (χ0v) is 8.97. The summed E-state index contributed by atoms with van der Waals surface area (Å²) in [4.78, 5) is 0. The van der Waals surface area contributed by atoms with Gasteiger partial charge >= 0.3 is 0 Å². The van der Waals surface area contributed by atoms with E-state index in [1.807, 2.05) is 0 Å². The molecule has 1 fully saturated rings. The van der Waals surface area contributed by atoms with Gasteiger partial charge in [0.2, 0.25) is 0 Å². The van der Waals surface area contributed by atoms with Gasteiger partial charge in [-0.25, -0.2) is 0 Å². The highest BCUT2D eigenvalue weighted by Gasteiger charge is 2.45. The van der Waals surface area contributed by atoms with Crippen LogP contribution in [0.1, 0.15) is 58.8 Å². The summed E-state index contributed by atoms with van der Waals surface area (Å²) in [5.41, 5.74) is 5.31. The molecule has 78 valence electrons. The molecule has 1 saturated carbocycles. The summed E-state index contributed by atoms with van der Waals surface area (Å²) < 4.78 is 0. The summed E-state index contributed by atoms with van der Waals surface area (Å²) >= 11 is 0. The van der Waals surface area contributed by atoms with Gasteiger partial charge in [-0.05, 0) is 25.7 Å². The van der Waals surface area contributed by atoms with Crippen LogP contribution in [0.25, 0.3) is 0 Å². The van der Waals surface area contributed by atoms with E-state index >= 15 is 0 Å². The number of aliphatic hydroxyl groups is 1. The molecule has 0 spiro atoms. The maximum Gasteiger partial charge on any atom is 0.0826 e. The van der Waals surface area contributed by atoms with Crippen LogP contribution in [0.3, 0.4) is 0 Å². The minimum atomic E-state index is -0.589. The first kappa shape index (κ1) is 11.0. The Balaban J connectivity index is 2.74. The molecule has 2 heteroatoms. The van der Waals surface area contributed by atoms with Crippen molar-refractivity contribution in [2.45, 2.75) is 69.9 Å². The molecule has 0 bridgehead atoms. The third-order valence-electron chi connectivity index (χ3n) is 3.87. The molecule has 0 amide bonds. The van der Waals surface area contributed by atoms with Crippen LogP contribution in [-0.4, -0.2) is 16.2 Å². The molecule has 0 radical (unpaired) electrons. The molecule has 0 aromatic carbocycles. The van der Waals surface area contributed by atoms with Gasteiger partial charge in [0.15, 0.2) is 0 Å². The van der Waals surface area contributed by atoms with Crippen molar-refractivity contribution >= 4 is 0 Å². The number of nitrogens with two attached hydrogens (primary N) is 1. The van der Waals surface area contributed by atoms with Gasteiger partial charge in [-0.2, -0.15) is 0 Å². The molecular formula is C11H23NO. The van der Waals surface area contributed by atoms with Gasteiger partial charge in [-0.3, -0.25) is 0 Å². The van der Waals surface area contributed by atoms with Crippen LogP contribution in [0.15, 0.2) is 0 Å². The fraction of sp³-hybridized carbons (Fsp3) is 1.00. The highest BCUT2D eigenvalue weighted by molar-refractivity contribution is 5.03. The van der Waals surface area contributed by atoms with Crippen molar-refractivity contribution in [1.29, 1.82) is 0 Å². The van der Waals surface area contributed by atoms with E-state index in [-0.39, 0.29) is 5.54 Å². The molecule has 1 aliphatic rings. The van der Waals surface area contributed by atoms with Crippen LogP contribution in [0.2, 0.25) is 0 Å². The largest absolute Gasteiger partial charge is 0.388 e. The highest BCUT2D eigenvalue weighted by Crippen LogP contribution is 2.38. The molecule has 0 saturated heterocycles. The summed E-state index contributed by atoms with van der Waals surface area (Å²) in [6, 6.07) is 0. The van der Waals surface area contributed by atoms with E-state index < -0.39 is 5.60 Å². The average Bonchev–Trinajstić information content (AvgIpc) is 2.17. The minimum Gasteiger partial charge on any atom is -0.388 e. The van der Waals surface area contributed by atoms with E-state index in [2.05, 4.69) is 13.8 Å². The number of hydrogen-bond donors (Lipinski definition) is 2. The Kier molecular flexibility index (Phi) is 3.36. The van der Waals surface area contributed by atoms with Gasteiger partial charge in [0.1, 0.15) is 0 Å². The molecule has 2 nitrogen and oxygen atoms in total. The van der Waals surface area contributed by atoms with Crippen LogP contribution < -0.4 is 5.73 Å². The van der Waals surface area contributed by atoms with E-state index in [1.54, 1.807) is 0 Å². The summed E-state index contributed by atoms with van der Waals surface area (Å²) in [5.74, 6) is 0. The molecule has 1 rings (SSSR count). The monoisotopic (exact) mass is 185 g/mol. The molecule has 0 aromatic rings. The highest BCUT2D eigenvalue weighted by atomic mass is 16.3. The standard InChI is InChI=1S/C11H23NO/c1-3-10(12,4-2)11(13)8-6-5-7-9-11/h13H,3-9,12H2,1-2H3. The van der Waals surface area contributed by atoms with Gasteiger partial charge in [0.25, 0.3) is 0 Å². The maximum atomic E-state index is 10.5. The first-order valence-corrected chi connectivity index (χ1v) is 5.59. The first-order chi connectivity index (χ1) is 6.08. The lowest BCUT2D eigenvalue weighted by molar-refractivity contribution is -0.0678. The molecular weight excluding hydrogens is 162 g/mol. The fourth-order valence-electron chi connectivity index (χ4n) is 2.54. The Labute approximate surface area is 81.5 Å². The topological polar surface area (TPSA) is 46.2 Å². The Hall–Kier alpha value is -0.0800. The zero-order chi connectivity index (χ0) is 9.95. The van der Waals surface area contributed by atoms with Gasteiger partial charge in [0.05, 0.1) is 5.60 Å². The molecule has 0 unspecified atom stereocenters. The van der Waals surface area contributed by atoms with Crippen molar-refractivity contribution in [1.82, 2.24) is 0 Å². The van der Waals surface area contributed by atoms with E-state index in [4.69, 9.17) is 5.73 Å². The second-order valence-electron chi connectivity index (χ2n) is 4.46. The zero-order valence-electron chi connectivity index (χ0n) is 8.97. The van der Waals surface area contributed by atoms with E-state index in [0.717, 1.165) is 38.5 Å². The van der Waals surface area contributed by atoms with Crippen molar-refractivity contribution in [3.63, 3.8) is 0 Å². The van der Waals surface area contributed by atoms with Crippen LogP contribution in [-0.2, 0) is 0 Å². The van der Waals surface area contributed by atoms with Crippen molar-refractivity contribution in [3.8, 4) is 0 Å². The SMILES string of the molecule is CCC(N)(CC)C1(O)CCCCC1. The Morgan fingerprint density at radius 1 is 1.15 bits per heavy atom. The van der Waals surface area contributed by atoms with Gasteiger partial charge in [-0.1, -0.05) is 33.1 Å². The van der Waals surface area contributed by atoms with Gasteiger partial charge in [-0.15, -0.1) is 0 Å². The lowest BCUT2D eigenvalue weighted by Crippen LogP contribution is -2.60. The normalized spacial score (nSPS) is 23.1. The molecule has 0 aromatic heterocycles. The predicted octanol–water partition coefficient (Wildman–Crippen LogP) is 2.20. The van der Waals surface area contributed by atoms with E-state index in [0.29, 0.717) is 0 Å². The molecule has 13 heavy (non-hydrogen) atoms. The van der Waals surface area contributed by atoms with Gasteiger partial charge in [0, 0.05) is 5.54 Å². The van der Waals surface area contributed by atoms with E-state index in [1.165, 1.54) is 6.42 Å². The fourth-order valence-corrected chi connectivity index (χ4v) is 2.54. The Morgan fingerprint density at radius 3 is 2.00 bits per heavy atom. The second-order valence-corrected chi connectivity index (χ2v) is 4.46.